The third kappa shape index (κ3) is 5.21. The number of aromatic nitrogens is 2. The van der Waals surface area contributed by atoms with Crippen LogP contribution in [0.2, 0.25) is 0 Å². The van der Waals surface area contributed by atoms with Crippen molar-refractivity contribution in [3.05, 3.63) is 46.8 Å². The molecule has 7 nitrogen and oxygen atoms in total. The predicted molar refractivity (Wildman–Crippen MR) is 124 cm³/mol. The Kier molecular flexibility index (Phi) is 6.94. The summed E-state index contributed by atoms with van der Waals surface area (Å²) in [7, 11) is 0. The number of hydrogen-bond acceptors (Lipinski definition) is 4. The molecule has 2 heterocycles. The molecule has 0 spiro atoms. The van der Waals surface area contributed by atoms with Crippen molar-refractivity contribution < 1.29 is 14.3 Å². The average Bonchev–Trinajstić information content (AvgIpc) is 3.02. The lowest BCUT2D eigenvalue weighted by atomic mass is 9.90. The quantitative estimate of drug-likeness (QED) is 0.606. The topological polar surface area (TPSA) is 96.1 Å². The van der Waals surface area contributed by atoms with E-state index in [9.17, 15) is 9.59 Å². The van der Waals surface area contributed by atoms with Gasteiger partial charge in [-0.05, 0) is 62.1 Å². The van der Waals surface area contributed by atoms with E-state index in [-0.39, 0.29) is 30.1 Å². The maximum atomic E-state index is 12.9. The summed E-state index contributed by atoms with van der Waals surface area (Å²) >= 11 is 0. The van der Waals surface area contributed by atoms with E-state index in [2.05, 4.69) is 34.7 Å². The zero-order valence-corrected chi connectivity index (χ0v) is 19.2. The molecule has 1 aromatic heterocycles. The number of H-pyrrole nitrogens is 1. The maximum absolute atomic E-state index is 12.9. The van der Waals surface area contributed by atoms with Crippen molar-refractivity contribution in [2.75, 3.05) is 5.32 Å². The van der Waals surface area contributed by atoms with Crippen molar-refractivity contribution >= 4 is 17.5 Å². The van der Waals surface area contributed by atoms with E-state index in [0.717, 1.165) is 61.0 Å². The van der Waals surface area contributed by atoms with Crippen LogP contribution in [0, 0.1) is 5.92 Å². The Labute approximate surface area is 189 Å². The van der Waals surface area contributed by atoms with Gasteiger partial charge in [-0.2, -0.15) is 5.10 Å². The fraction of sp³-hybridized carbons (Fsp3) is 0.560. The number of nitrogens with zero attached hydrogens (tertiary/aromatic N) is 1. The Morgan fingerprint density at radius 2 is 1.84 bits per heavy atom. The van der Waals surface area contributed by atoms with Gasteiger partial charge in [-0.25, -0.2) is 0 Å². The van der Waals surface area contributed by atoms with E-state index in [1.165, 1.54) is 6.42 Å². The predicted octanol–water partition coefficient (Wildman–Crippen LogP) is 4.31. The number of aryl methyl sites for hydroxylation is 1. The molecular weight excluding hydrogens is 404 g/mol. The number of amides is 2. The summed E-state index contributed by atoms with van der Waals surface area (Å²) in [4.78, 5) is 24.4. The molecule has 0 unspecified atom stereocenters. The van der Waals surface area contributed by atoms with Crippen LogP contribution in [0.4, 0.5) is 5.69 Å². The average molecular weight is 439 g/mol. The Morgan fingerprint density at radius 3 is 2.56 bits per heavy atom. The van der Waals surface area contributed by atoms with E-state index < -0.39 is 0 Å². The number of anilines is 1. The lowest BCUT2D eigenvalue weighted by molar-refractivity contribution is -0.123. The number of carbonyl (C=O) groups is 2. The van der Waals surface area contributed by atoms with E-state index in [0.29, 0.717) is 11.6 Å². The summed E-state index contributed by atoms with van der Waals surface area (Å²) < 4.78 is 6.35. The number of ether oxygens (including phenoxy) is 1. The van der Waals surface area contributed by atoms with Crippen molar-refractivity contribution in [2.24, 2.45) is 5.92 Å². The number of hydrogen-bond donors (Lipinski definition) is 3. The van der Waals surface area contributed by atoms with Crippen LogP contribution in [-0.4, -0.2) is 34.2 Å². The van der Waals surface area contributed by atoms with Crippen LogP contribution in [0.15, 0.2) is 24.3 Å². The molecule has 4 rings (SSSR count). The van der Waals surface area contributed by atoms with Crippen molar-refractivity contribution in [3.63, 3.8) is 0 Å². The van der Waals surface area contributed by atoms with Crippen LogP contribution in [0.1, 0.15) is 86.3 Å². The summed E-state index contributed by atoms with van der Waals surface area (Å²) in [5, 5.41) is 13.4. The SMILES string of the molecule is CC(=O)N[C@H]1C[C@@H](c2ccc(NC(=O)c3n[nH]c4c3CCCCC4)cc2)O[C@@H](C(C)C)C1. The number of nitrogens with one attached hydrogen (secondary N) is 3. The van der Waals surface area contributed by atoms with Crippen molar-refractivity contribution in [1.29, 1.82) is 0 Å². The molecule has 1 aromatic carbocycles. The lowest BCUT2D eigenvalue weighted by Gasteiger charge is -2.37. The van der Waals surface area contributed by atoms with Crippen LogP contribution in [0.25, 0.3) is 0 Å². The van der Waals surface area contributed by atoms with Gasteiger partial charge in [0.2, 0.25) is 5.91 Å². The van der Waals surface area contributed by atoms with Crippen molar-refractivity contribution in [2.45, 2.75) is 84.0 Å². The minimum atomic E-state index is -0.170. The fourth-order valence-electron chi connectivity index (χ4n) is 4.82. The van der Waals surface area contributed by atoms with Gasteiger partial charge >= 0.3 is 0 Å². The van der Waals surface area contributed by atoms with Crippen molar-refractivity contribution in [3.8, 4) is 0 Å². The van der Waals surface area contributed by atoms with E-state index in [1.807, 2.05) is 24.3 Å². The zero-order valence-electron chi connectivity index (χ0n) is 19.2. The molecule has 3 N–H and O–H groups in total. The van der Waals surface area contributed by atoms with Gasteiger partial charge in [0.05, 0.1) is 12.2 Å². The van der Waals surface area contributed by atoms with Crippen LogP contribution in [0.5, 0.6) is 0 Å². The highest BCUT2D eigenvalue weighted by molar-refractivity contribution is 6.04. The standard InChI is InChI=1S/C25H34N4O3/c1-15(2)22-13-19(26-16(3)30)14-23(32-22)17-9-11-18(12-10-17)27-25(31)24-20-7-5-4-6-8-21(20)28-29-24/h9-12,15,19,22-23H,4-8,13-14H2,1-3H3,(H,26,30)(H,27,31)(H,28,29)/t19-,22-,23+/m1/s1. The molecule has 3 atom stereocenters. The largest absolute Gasteiger partial charge is 0.370 e. The summed E-state index contributed by atoms with van der Waals surface area (Å²) in [6, 6.07) is 7.92. The normalized spacial score (nSPS) is 23.3. The second-order valence-corrected chi connectivity index (χ2v) is 9.44. The molecule has 1 saturated heterocycles. The third-order valence-corrected chi connectivity index (χ3v) is 6.57. The van der Waals surface area contributed by atoms with Gasteiger partial charge in [0.15, 0.2) is 5.69 Å². The monoisotopic (exact) mass is 438 g/mol. The smallest absolute Gasteiger partial charge is 0.276 e. The number of carbonyl (C=O) groups excluding carboxylic acids is 2. The van der Waals surface area contributed by atoms with Crippen molar-refractivity contribution in [1.82, 2.24) is 15.5 Å². The molecule has 0 bridgehead atoms. The summed E-state index contributed by atoms with van der Waals surface area (Å²) in [6.45, 7) is 5.85. The number of aromatic amines is 1. The van der Waals surface area contributed by atoms with Gasteiger partial charge in [-0.1, -0.05) is 32.4 Å². The Balaban J connectivity index is 1.44. The molecule has 1 aliphatic carbocycles. The molecule has 1 fully saturated rings. The number of fused-ring (bicyclic) bond motifs is 1. The highest BCUT2D eigenvalue weighted by Gasteiger charge is 2.32. The number of rotatable bonds is 5. The number of benzene rings is 1. The first kappa shape index (κ1) is 22.5. The van der Waals surface area contributed by atoms with Gasteiger partial charge in [-0.3, -0.25) is 14.7 Å². The third-order valence-electron chi connectivity index (χ3n) is 6.57. The van der Waals surface area contributed by atoms with E-state index in [4.69, 9.17) is 4.74 Å². The minimum absolute atomic E-state index is 0.00697. The Hall–Kier alpha value is -2.67. The first-order chi connectivity index (χ1) is 15.4. The molecule has 0 saturated carbocycles. The van der Waals surface area contributed by atoms with Gasteiger partial charge < -0.3 is 15.4 Å². The van der Waals surface area contributed by atoms with Crippen LogP contribution in [-0.2, 0) is 22.4 Å². The molecule has 2 aliphatic rings. The van der Waals surface area contributed by atoms with Crippen LogP contribution >= 0.6 is 0 Å². The summed E-state index contributed by atoms with van der Waals surface area (Å²) in [5.41, 5.74) is 4.47. The zero-order chi connectivity index (χ0) is 22.7. The van der Waals surface area contributed by atoms with Gasteiger partial charge in [0, 0.05) is 29.9 Å². The maximum Gasteiger partial charge on any atom is 0.276 e. The Bertz CT molecular complexity index is 951. The second-order valence-electron chi connectivity index (χ2n) is 9.44. The molecule has 0 radical (unpaired) electrons. The molecule has 32 heavy (non-hydrogen) atoms. The van der Waals surface area contributed by atoms with E-state index in [1.54, 1.807) is 6.92 Å². The van der Waals surface area contributed by atoms with Gasteiger partial charge in [0.1, 0.15) is 0 Å². The molecule has 2 aromatic rings. The lowest BCUT2D eigenvalue weighted by Crippen LogP contribution is -2.43. The Morgan fingerprint density at radius 1 is 1.09 bits per heavy atom. The molecule has 2 amide bonds. The second kappa shape index (κ2) is 9.86. The van der Waals surface area contributed by atoms with Gasteiger partial charge in [0.25, 0.3) is 5.91 Å². The highest BCUT2D eigenvalue weighted by atomic mass is 16.5. The molecular formula is C25H34N4O3. The van der Waals surface area contributed by atoms with Gasteiger partial charge in [-0.15, -0.1) is 0 Å². The molecule has 172 valence electrons. The van der Waals surface area contributed by atoms with E-state index >= 15 is 0 Å². The minimum Gasteiger partial charge on any atom is -0.370 e. The first-order valence-electron chi connectivity index (χ1n) is 11.8. The summed E-state index contributed by atoms with van der Waals surface area (Å²) in [5.74, 6) is 0.195. The first-order valence-corrected chi connectivity index (χ1v) is 11.8. The summed E-state index contributed by atoms with van der Waals surface area (Å²) in [6.07, 6.45) is 6.88. The fourth-order valence-corrected chi connectivity index (χ4v) is 4.82. The highest BCUT2D eigenvalue weighted by Crippen LogP contribution is 2.34. The van der Waals surface area contributed by atoms with Crippen LogP contribution in [0.3, 0.4) is 0 Å². The van der Waals surface area contributed by atoms with Crippen LogP contribution < -0.4 is 10.6 Å². The molecule has 1 aliphatic heterocycles. The molecule has 7 heteroatoms.